The predicted molar refractivity (Wildman–Crippen MR) is 173 cm³/mol. The highest BCUT2D eigenvalue weighted by molar-refractivity contribution is 6.23. The lowest BCUT2D eigenvalue weighted by Gasteiger charge is -2.19. The topological polar surface area (TPSA) is 0 Å². The molecule has 0 heteroatoms. The van der Waals surface area contributed by atoms with E-state index in [0.29, 0.717) is 22.1 Å². The van der Waals surface area contributed by atoms with Crippen molar-refractivity contribution in [1.29, 1.82) is 0 Å². The van der Waals surface area contributed by atoms with Gasteiger partial charge in [0.25, 0.3) is 0 Å². The highest BCUT2D eigenvalue weighted by Gasteiger charge is 2.18. The van der Waals surface area contributed by atoms with E-state index in [4.69, 9.17) is 13.7 Å². The lowest BCUT2D eigenvalue weighted by molar-refractivity contribution is 1.63. The summed E-state index contributed by atoms with van der Waals surface area (Å²) in [7, 11) is 0. The fourth-order valence-electron chi connectivity index (χ4n) is 5.45. The molecule has 0 amide bonds. The van der Waals surface area contributed by atoms with Crippen molar-refractivity contribution < 1.29 is 19.2 Å². The van der Waals surface area contributed by atoms with Crippen molar-refractivity contribution in [3.05, 3.63) is 157 Å². The zero-order valence-electron chi connectivity index (χ0n) is 34.9. The predicted octanol–water partition coefficient (Wildman–Crippen LogP) is 11.3. The van der Waals surface area contributed by atoms with Gasteiger partial charge in [0, 0.05) is 0 Å². The number of hydrogen-bond donors (Lipinski definition) is 0. The van der Waals surface area contributed by atoms with E-state index in [9.17, 15) is 5.48 Å². The van der Waals surface area contributed by atoms with E-state index in [1.54, 1.807) is 36.4 Å². The largest absolute Gasteiger partial charge is 0.0636 e. The molecule has 0 bridgehead atoms. The molecule has 0 radical (unpaired) electrons. The van der Waals surface area contributed by atoms with Gasteiger partial charge in [-0.25, -0.2) is 0 Å². The van der Waals surface area contributed by atoms with Crippen molar-refractivity contribution in [2.75, 3.05) is 0 Å². The summed E-state index contributed by atoms with van der Waals surface area (Å²) in [6, 6.07) is 14.5. The van der Waals surface area contributed by atoms with Crippen LogP contribution in [0.25, 0.3) is 76.5 Å². The van der Waals surface area contributed by atoms with E-state index < -0.39 is 72.5 Å². The summed E-state index contributed by atoms with van der Waals surface area (Å²) in [6.07, 6.45) is 0. The van der Waals surface area contributed by atoms with Crippen molar-refractivity contribution in [2.24, 2.45) is 0 Å². The van der Waals surface area contributed by atoms with Gasteiger partial charge in [-0.15, -0.1) is 0 Å². The van der Waals surface area contributed by atoms with Crippen LogP contribution in [0.3, 0.4) is 0 Å². The fourth-order valence-corrected chi connectivity index (χ4v) is 5.45. The molecule has 8 rings (SSSR count). The second kappa shape index (κ2) is 9.22. The third kappa shape index (κ3) is 3.61. The van der Waals surface area contributed by atoms with Crippen molar-refractivity contribution >= 4 is 43.1 Å². The molecule has 0 saturated carbocycles. The van der Waals surface area contributed by atoms with Gasteiger partial charge in [0.15, 0.2) is 0 Å². The summed E-state index contributed by atoms with van der Waals surface area (Å²) in [5.74, 6) is 0. The minimum Gasteiger partial charge on any atom is -0.0616 e. The molecule has 0 fully saturated rings. The standard InChI is InChI=1S/C40H26/c1-2-13-29-25-31(24-23-27(29)11-1)30-15-9-16-32(26-30)39-35-18-5-7-20-37(35)40(38-21-8-6-19-36(38)39)34-22-10-14-28-12-3-4-17-33(28)34/h1-26H/i1D,2D,5D,6D,7D,8D,11D,13D,18D,19D,20D,21D,23D,25D. The van der Waals surface area contributed by atoms with Crippen LogP contribution in [0.4, 0.5) is 0 Å². The Balaban J connectivity index is 1.58. The first-order chi connectivity index (χ1) is 25.7. The van der Waals surface area contributed by atoms with Gasteiger partial charge in [-0.05, 0) is 88.6 Å². The summed E-state index contributed by atoms with van der Waals surface area (Å²) >= 11 is 0. The number of fused-ring (bicyclic) bond motifs is 4. The highest BCUT2D eigenvalue weighted by Crippen LogP contribution is 2.45. The molecule has 8 aromatic carbocycles. The molecule has 0 nitrogen and oxygen atoms in total. The summed E-state index contributed by atoms with van der Waals surface area (Å²) in [6.45, 7) is 0. The fraction of sp³-hybridized carbons (Fsp3) is 0. The molecular formula is C40H26. The Morgan fingerprint density at radius 1 is 0.375 bits per heavy atom. The molecule has 0 N–H and O–H groups in total. The first-order valence-corrected chi connectivity index (χ1v) is 12.7. The normalized spacial score (nSPS) is 16.4. The second-order valence-electron chi connectivity index (χ2n) is 9.43. The average molecular weight is 521 g/mol. The summed E-state index contributed by atoms with van der Waals surface area (Å²) in [5.41, 5.74) is 1.64. The zero-order chi connectivity index (χ0) is 38.7. The van der Waals surface area contributed by atoms with Crippen LogP contribution in [-0.2, 0) is 0 Å². The van der Waals surface area contributed by atoms with Gasteiger partial charge in [0.2, 0.25) is 0 Å². The minimum atomic E-state index is -0.543. The van der Waals surface area contributed by atoms with Gasteiger partial charge >= 0.3 is 0 Å². The Morgan fingerprint density at radius 2 is 0.975 bits per heavy atom. The summed E-state index contributed by atoms with van der Waals surface area (Å²) in [5, 5.41) is 1.47. The maximum Gasteiger partial charge on any atom is 0.0636 e. The Morgan fingerprint density at radius 3 is 1.75 bits per heavy atom. The van der Waals surface area contributed by atoms with Crippen molar-refractivity contribution in [3.63, 3.8) is 0 Å². The Labute approximate surface area is 253 Å². The quantitative estimate of drug-likeness (QED) is 0.203. The molecule has 0 atom stereocenters. The van der Waals surface area contributed by atoms with E-state index in [2.05, 4.69) is 0 Å². The molecule has 0 heterocycles. The molecule has 8 aromatic rings. The summed E-state index contributed by atoms with van der Waals surface area (Å²) in [4.78, 5) is 0. The molecule has 0 aliphatic rings. The van der Waals surface area contributed by atoms with Gasteiger partial charge in [-0.3, -0.25) is 0 Å². The Bertz CT molecular complexity index is 2900. The van der Waals surface area contributed by atoms with Crippen LogP contribution in [0, 0.1) is 0 Å². The van der Waals surface area contributed by atoms with Crippen LogP contribution in [-0.4, -0.2) is 0 Å². The molecule has 0 aromatic heterocycles. The van der Waals surface area contributed by atoms with E-state index in [1.807, 2.05) is 30.3 Å². The molecular weight excluding hydrogens is 480 g/mol. The SMILES string of the molecule is [2H]c1c([2H])c([2H])c2c([2H])c(-c3cccc(-c4c5c([2H])c([2H])c([2H])c([2H])c5c(-c5cccc6ccccc56)c5c([2H])c([2H])c([2H])c([2H])c45)c3)cc([2H])c2c1[2H]. The maximum atomic E-state index is 9.28. The minimum absolute atomic E-state index is 0.0264. The van der Waals surface area contributed by atoms with Crippen LogP contribution in [0.15, 0.2) is 157 Å². The van der Waals surface area contributed by atoms with Gasteiger partial charge in [0.1, 0.15) is 0 Å². The van der Waals surface area contributed by atoms with E-state index in [0.717, 1.165) is 5.39 Å². The second-order valence-corrected chi connectivity index (χ2v) is 9.43. The average Bonchev–Trinajstić information content (AvgIpc) is 3.18. The van der Waals surface area contributed by atoms with Crippen LogP contribution < -0.4 is 0 Å². The van der Waals surface area contributed by atoms with Crippen LogP contribution in [0.5, 0.6) is 0 Å². The van der Waals surface area contributed by atoms with E-state index in [1.165, 1.54) is 6.07 Å². The van der Waals surface area contributed by atoms with E-state index >= 15 is 0 Å². The van der Waals surface area contributed by atoms with Crippen LogP contribution >= 0.6 is 0 Å². The lowest BCUT2D eigenvalue weighted by Crippen LogP contribution is -1.92. The zero-order valence-corrected chi connectivity index (χ0v) is 20.9. The summed E-state index contributed by atoms with van der Waals surface area (Å²) < 4.78 is 123. The van der Waals surface area contributed by atoms with Crippen molar-refractivity contribution in [1.82, 2.24) is 0 Å². The van der Waals surface area contributed by atoms with Crippen molar-refractivity contribution in [2.45, 2.75) is 0 Å². The molecule has 0 spiro atoms. The Hall–Kier alpha value is -5.20. The number of rotatable bonds is 3. The molecule has 0 unspecified atom stereocenters. The third-order valence-corrected chi connectivity index (χ3v) is 7.20. The number of hydrogen-bond acceptors (Lipinski definition) is 0. The van der Waals surface area contributed by atoms with Gasteiger partial charge < -0.3 is 0 Å². The van der Waals surface area contributed by atoms with Crippen LogP contribution in [0.1, 0.15) is 19.2 Å². The lowest BCUT2D eigenvalue weighted by atomic mass is 9.84. The van der Waals surface area contributed by atoms with Crippen LogP contribution in [0.2, 0.25) is 0 Å². The molecule has 40 heavy (non-hydrogen) atoms. The van der Waals surface area contributed by atoms with Gasteiger partial charge in [-0.1, -0.05) is 145 Å². The molecule has 186 valence electrons. The third-order valence-electron chi connectivity index (χ3n) is 7.20. The van der Waals surface area contributed by atoms with Gasteiger partial charge in [0.05, 0.1) is 19.2 Å². The smallest absolute Gasteiger partial charge is 0.0616 e. The highest BCUT2D eigenvalue weighted by atomic mass is 14.2. The Kier molecular flexibility index (Phi) is 2.94. The molecule has 0 aliphatic heterocycles. The molecule has 0 aliphatic carbocycles. The first kappa shape index (κ1) is 12.8. The van der Waals surface area contributed by atoms with Gasteiger partial charge in [-0.2, -0.15) is 0 Å². The monoisotopic (exact) mass is 520 g/mol. The maximum absolute atomic E-state index is 9.28. The van der Waals surface area contributed by atoms with Crippen molar-refractivity contribution in [3.8, 4) is 33.4 Å². The number of benzene rings is 8. The van der Waals surface area contributed by atoms with E-state index in [-0.39, 0.29) is 61.1 Å². The first-order valence-electron chi connectivity index (χ1n) is 19.7. The molecule has 0 saturated heterocycles.